The second kappa shape index (κ2) is 9.65. The molecule has 1 saturated carbocycles. The molecular weight excluding hydrogens is 414 g/mol. The number of aliphatic imine (C=N–C) groups is 1. The van der Waals surface area contributed by atoms with E-state index in [4.69, 9.17) is 18.9 Å². The third-order valence-electron chi connectivity index (χ3n) is 6.60. The SMILES string of the molecule is COC(=O)c1ccc(OC2=C3N=C4CCCCC4=C3C(CCCCc3ccccc3)C=C2)o1. The lowest BCUT2D eigenvalue weighted by atomic mass is 9.81. The Bertz CT molecular complexity index is 1150. The van der Waals surface area contributed by atoms with Gasteiger partial charge in [-0.3, -0.25) is 0 Å². The van der Waals surface area contributed by atoms with Crippen molar-refractivity contribution in [2.75, 3.05) is 7.11 Å². The fourth-order valence-corrected chi connectivity index (χ4v) is 4.96. The molecule has 0 radical (unpaired) electrons. The van der Waals surface area contributed by atoms with E-state index in [-0.39, 0.29) is 11.7 Å². The van der Waals surface area contributed by atoms with Crippen molar-refractivity contribution < 1.29 is 18.7 Å². The summed E-state index contributed by atoms with van der Waals surface area (Å²) < 4.78 is 16.3. The quantitative estimate of drug-likeness (QED) is 0.341. The van der Waals surface area contributed by atoms with Gasteiger partial charge in [0.25, 0.3) is 5.95 Å². The van der Waals surface area contributed by atoms with Crippen molar-refractivity contribution >= 4 is 11.7 Å². The lowest BCUT2D eigenvalue weighted by molar-refractivity contribution is 0.0559. The summed E-state index contributed by atoms with van der Waals surface area (Å²) >= 11 is 0. The van der Waals surface area contributed by atoms with E-state index in [2.05, 4.69) is 36.4 Å². The van der Waals surface area contributed by atoms with Crippen LogP contribution in [0.5, 0.6) is 5.95 Å². The zero-order chi connectivity index (χ0) is 22.6. The van der Waals surface area contributed by atoms with E-state index in [0.29, 0.717) is 11.7 Å². The molecule has 1 aliphatic heterocycles. The minimum atomic E-state index is -0.521. The van der Waals surface area contributed by atoms with E-state index in [0.717, 1.165) is 31.4 Å². The molecule has 170 valence electrons. The van der Waals surface area contributed by atoms with Crippen molar-refractivity contribution in [1.82, 2.24) is 0 Å². The molecule has 0 N–H and O–H groups in total. The van der Waals surface area contributed by atoms with E-state index in [1.165, 1.54) is 55.2 Å². The molecule has 5 rings (SSSR count). The fraction of sp³-hybridized carbons (Fsp3) is 0.357. The predicted octanol–water partition coefficient (Wildman–Crippen LogP) is 6.58. The molecule has 0 spiro atoms. The summed E-state index contributed by atoms with van der Waals surface area (Å²) in [6.45, 7) is 0. The first-order valence-electron chi connectivity index (χ1n) is 11.9. The number of carbonyl (C=O) groups is 1. The van der Waals surface area contributed by atoms with Crippen molar-refractivity contribution in [3.63, 3.8) is 0 Å². The number of nitrogens with zero attached hydrogens (tertiary/aromatic N) is 1. The molecule has 5 heteroatoms. The smallest absolute Gasteiger partial charge is 0.374 e. The van der Waals surface area contributed by atoms with Gasteiger partial charge in [0, 0.05) is 17.7 Å². The molecule has 33 heavy (non-hydrogen) atoms. The Hall–Kier alpha value is -3.34. The first-order valence-corrected chi connectivity index (χ1v) is 11.9. The monoisotopic (exact) mass is 443 g/mol. The number of benzene rings is 1. The van der Waals surface area contributed by atoms with Crippen molar-refractivity contribution in [2.24, 2.45) is 10.9 Å². The molecule has 1 unspecified atom stereocenters. The van der Waals surface area contributed by atoms with Gasteiger partial charge in [0.05, 0.1) is 7.11 Å². The summed E-state index contributed by atoms with van der Waals surface area (Å²) in [6.07, 6.45) is 13.4. The molecule has 2 aromatic rings. The lowest BCUT2D eigenvalue weighted by Gasteiger charge is -2.23. The first kappa shape index (κ1) is 21.5. The van der Waals surface area contributed by atoms with Crippen molar-refractivity contribution in [3.8, 4) is 5.95 Å². The molecule has 2 heterocycles. The van der Waals surface area contributed by atoms with Crippen LogP contribution in [0, 0.1) is 5.92 Å². The number of carbonyl (C=O) groups excluding carboxylic acids is 1. The van der Waals surface area contributed by atoms with Crippen LogP contribution in [0.25, 0.3) is 0 Å². The number of hydrogen-bond donors (Lipinski definition) is 0. The number of aryl methyl sites for hydroxylation is 1. The molecular formula is C28H29NO4. The number of furan rings is 1. The molecule has 5 nitrogen and oxygen atoms in total. The molecule has 1 aromatic carbocycles. The van der Waals surface area contributed by atoms with Gasteiger partial charge in [0.15, 0.2) is 5.76 Å². The van der Waals surface area contributed by atoms with E-state index in [1.54, 1.807) is 12.1 Å². The molecule has 3 aliphatic rings. The molecule has 1 aromatic heterocycles. The standard InChI is InChI=1S/C28H29NO4/c1-31-28(30)24-17-18-25(33-24)32-23-16-15-20(12-6-5-11-19-9-3-2-4-10-19)26-21-13-7-8-14-22(21)29-27(23)26/h2-4,9-10,15-18,20H,5-8,11-14H2,1H3. The Morgan fingerprint density at radius 3 is 2.79 bits per heavy atom. The highest BCUT2D eigenvalue weighted by Gasteiger charge is 2.34. The average Bonchev–Trinajstić information content (AvgIpc) is 3.48. The number of esters is 1. The zero-order valence-corrected chi connectivity index (χ0v) is 19.0. The van der Waals surface area contributed by atoms with E-state index < -0.39 is 5.97 Å². The van der Waals surface area contributed by atoms with Gasteiger partial charge < -0.3 is 13.9 Å². The van der Waals surface area contributed by atoms with E-state index in [9.17, 15) is 4.79 Å². The molecule has 0 saturated heterocycles. The molecule has 0 amide bonds. The van der Waals surface area contributed by atoms with Crippen molar-refractivity contribution in [3.05, 3.63) is 88.5 Å². The van der Waals surface area contributed by atoms with Crippen LogP contribution in [0.2, 0.25) is 0 Å². The Kier molecular flexibility index (Phi) is 6.29. The summed E-state index contributed by atoms with van der Waals surface area (Å²) in [4.78, 5) is 16.7. The minimum Gasteiger partial charge on any atom is -0.463 e. The maximum Gasteiger partial charge on any atom is 0.374 e. The Labute approximate surface area is 194 Å². The lowest BCUT2D eigenvalue weighted by Crippen LogP contribution is -2.14. The van der Waals surface area contributed by atoms with Crippen LogP contribution in [-0.4, -0.2) is 18.8 Å². The van der Waals surface area contributed by atoms with Gasteiger partial charge in [-0.25, -0.2) is 9.79 Å². The third kappa shape index (κ3) is 4.58. The van der Waals surface area contributed by atoms with Crippen LogP contribution >= 0.6 is 0 Å². The van der Waals surface area contributed by atoms with Gasteiger partial charge in [-0.2, -0.15) is 0 Å². The summed E-state index contributed by atoms with van der Waals surface area (Å²) in [5.74, 6) is 0.917. The normalized spacial score (nSPS) is 19.3. The number of fused-ring (bicyclic) bond motifs is 2. The number of ether oxygens (including phenoxy) is 2. The first-order chi connectivity index (χ1) is 16.2. The fourth-order valence-electron chi connectivity index (χ4n) is 4.96. The second-order valence-electron chi connectivity index (χ2n) is 8.78. The number of rotatable bonds is 8. The van der Waals surface area contributed by atoms with Gasteiger partial charge in [0.2, 0.25) is 5.76 Å². The highest BCUT2D eigenvalue weighted by atomic mass is 16.6. The summed E-state index contributed by atoms with van der Waals surface area (Å²) in [5.41, 5.74) is 6.32. The van der Waals surface area contributed by atoms with E-state index in [1.807, 2.05) is 6.08 Å². The molecule has 0 bridgehead atoms. The number of hydrogen-bond acceptors (Lipinski definition) is 5. The Balaban J connectivity index is 1.32. The summed E-state index contributed by atoms with van der Waals surface area (Å²) in [5, 5.41) is 0. The summed E-state index contributed by atoms with van der Waals surface area (Å²) in [7, 11) is 1.33. The second-order valence-corrected chi connectivity index (χ2v) is 8.78. The van der Waals surface area contributed by atoms with Crippen LogP contribution in [0.15, 0.2) is 86.6 Å². The average molecular weight is 444 g/mol. The van der Waals surface area contributed by atoms with Crippen LogP contribution in [0.4, 0.5) is 0 Å². The highest BCUT2D eigenvalue weighted by molar-refractivity contribution is 6.05. The zero-order valence-electron chi connectivity index (χ0n) is 19.0. The number of unbranched alkanes of at least 4 members (excludes halogenated alkanes) is 1. The maximum atomic E-state index is 11.7. The Morgan fingerprint density at radius 2 is 1.94 bits per heavy atom. The molecule has 1 fully saturated rings. The third-order valence-corrected chi connectivity index (χ3v) is 6.60. The predicted molar refractivity (Wildman–Crippen MR) is 127 cm³/mol. The Morgan fingerprint density at radius 1 is 1.09 bits per heavy atom. The van der Waals surface area contributed by atoms with Gasteiger partial charge in [0.1, 0.15) is 5.70 Å². The van der Waals surface area contributed by atoms with Gasteiger partial charge in [-0.1, -0.05) is 42.8 Å². The number of methoxy groups -OCH3 is 1. The van der Waals surface area contributed by atoms with Gasteiger partial charge in [-0.15, -0.1) is 0 Å². The highest BCUT2D eigenvalue weighted by Crippen LogP contribution is 2.44. The number of allylic oxidation sites excluding steroid dienone is 4. The van der Waals surface area contributed by atoms with Crippen LogP contribution < -0.4 is 4.74 Å². The van der Waals surface area contributed by atoms with Crippen molar-refractivity contribution in [2.45, 2.75) is 51.4 Å². The minimum absolute atomic E-state index is 0.124. The maximum absolute atomic E-state index is 11.7. The van der Waals surface area contributed by atoms with Crippen LogP contribution in [0.3, 0.4) is 0 Å². The topological polar surface area (TPSA) is 61.0 Å². The van der Waals surface area contributed by atoms with Gasteiger partial charge >= 0.3 is 5.97 Å². The van der Waals surface area contributed by atoms with E-state index >= 15 is 0 Å². The molecule has 1 atom stereocenters. The summed E-state index contributed by atoms with van der Waals surface area (Å²) in [6, 6.07) is 13.9. The largest absolute Gasteiger partial charge is 0.463 e. The molecule has 2 aliphatic carbocycles. The van der Waals surface area contributed by atoms with Crippen molar-refractivity contribution in [1.29, 1.82) is 0 Å². The van der Waals surface area contributed by atoms with Gasteiger partial charge in [-0.05, 0) is 73.8 Å². The van der Waals surface area contributed by atoms with Crippen LogP contribution in [-0.2, 0) is 11.2 Å². The van der Waals surface area contributed by atoms with Crippen LogP contribution in [0.1, 0.15) is 61.1 Å².